The number of hydrogen-bond donors (Lipinski definition) is 1. The molecule has 0 spiro atoms. The van der Waals surface area contributed by atoms with E-state index >= 15 is 0 Å². The van der Waals surface area contributed by atoms with E-state index in [1.165, 1.54) is 42.1 Å². The highest BCUT2D eigenvalue weighted by molar-refractivity contribution is 6.10. The largest absolute Gasteiger partial charge is 0.507 e. The minimum atomic E-state index is -0.370. The molecule has 1 aromatic heterocycles. The number of aromatic hydroxyl groups is 1. The van der Waals surface area contributed by atoms with Gasteiger partial charge in [-0.3, -0.25) is 14.2 Å². The van der Waals surface area contributed by atoms with Crippen LogP contribution < -0.4 is 10.3 Å². The molecule has 0 saturated carbocycles. The SMILES string of the molecule is COc1ccc(C(=O)c2ccc(=O)n(-c3c(C)cccc3C)c2)c(O)c1. The summed E-state index contributed by atoms with van der Waals surface area (Å²) in [5.74, 6) is -0.0798. The van der Waals surface area contributed by atoms with Gasteiger partial charge in [0.1, 0.15) is 11.5 Å². The number of ether oxygens (including phenoxy) is 1. The van der Waals surface area contributed by atoms with Crippen molar-refractivity contribution in [1.82, 2.24) is 4.57 Å². The number of aryl methyl sites for hydroxylation is 2. The first-order chi connectivity index (χ1) is 12.4. The normalized spacial score (nSPS) is 10.6. The number of ketones is 1. The monoisotopic (exact) mass is 349 g/mol. The first kappa shape index (κ1) is 17.5. The molecule has 0 aliphatic carbocycles. The van der Waals surface area contributed by atoms with E-state index in [0.717, 1.165) is 16.8 Å². The van der Waals surface area contributed by atoms with Gasteiger partial charge in [-0.2, -0.15) is 0 Å². The van der Waals surface area contributed by atoms with E-state index in [-0.39, 0.29) is 22.7 Å². The van der Waals surface area contributed by atoms with E-state index in [2.05, 4.69) is 0 Å². The number of methoxy groups -OCH3 is 1. The number of carbonyl (C=O) groups is 1. The third-order valence-electron chi connectivity index (χ3n) is 4.30. The first-order valence-electron chi connectivity index (χ1n) is 8.13. The van der Waals surface area contributed by atoms with Crippen molar-refractivity contribution >= 4 is 5.78 Å². The van der Waals surface area contributed by atoms with Crippen LogP contribution in [0, 0.1) is 13.8 Å². The molecule has 26 heavy (non-hydrogen) atoms. The maximum Gasteiger partial charge on any atom is 0.255 e. The third kappa shape index (κ3) is 3.11. The number of carbonyl (C=O) groups excluding carboxylic acids is 1. The van der Waals surface area contributed by atoms with E-state index in [4.69, 9.17) is 4.74 Å². The Kier molecular flexibility index (Phi) is 4.63. The molecule has 2 aromatic carbocycles. The second-order valence-corrected chi connectivity index (χ2v) is 6.08. The van der Waals surface area contributed by atoms with Crippen molar-refractivity contribution in [2.75, 3.05) is 7.11 Å². The molecule has 0 unspecified atom stereocenters. The van der Waals surface area contributed by atoms with Crippen LogP contribution in [0.3, 0.4) is 0 Å². The van der Waals surface area contributed by atoms with Crippen LogP contribution in [-0.2, 0) is 0 Å². The van der Waals surface area contributed by atoms with Crippen molar-refractivity contribution in [2.24, 2.45) is 0 Å². The Balaban J connectivity index is 2.11. The van der Waals surface area contributed by atoms with Crippen LogP contribution in [0.25, 0.3) is 5.69 Å². The molecule has 0 amide bonds. The number of phenolic OH excluding ortho intramolecular Hbond substituents is 1. The second kappa shape index (κ2) is 6.88. The zero-order chi connectivity index (χ0) is 18.8. The summed E-state index contributed by atoms with van der Waals surface area (Å²) in [5.41, 5.74) is 2.86. The molecule has 132 valence electrons. The molecule has 0 fully saturated rings. The molecule has 5 nitrogen and oxygen atoms in total. The second-order valence-electron chi connectivity index (χ2n) is 6.08. The number of hydrogen-bond acceptors (Lipinski definition) is 4. The molecule has 1 heterocycles. The lowest BCUT2D eigenvalue weighted by Crippen LogP contribution is -2.20. The zero-order valence-electron chi connectivity index (χ0n) is 14.8. The number of nitrogens with zero attached hydrogens (tertiary/aromatic N) is 1. The van der Waals surface area contributed by atoms with Gasteiger partial charge in [0.05, 0.1) is 18.4 Å². The number of benzene rings is 2. The number of para-hydroxylation sites is 1. The van der Waals surface area contributed by atoms with Crippen LogP contribution in [0.4, 0.5) is 0 Å². The quantitative estimate of drug-likeness (QED) is 0.733. The van der Waals surface area contributed by atoms with Gasteiger partial charge >= 0.3 is 0 Å². The molecule has 3 rings (SSSR count). The van der Waals surface area contributed by atoms with Gasteiger partial charge in [0.2, 0.25) is 0 Å². The summed E-state index contributed by atoms with van der Waals surface area (Å²) in [5, 5.41) is 10.1. The molecule has 3 aromatic rings. The van der Waals surface area contributed by atoms with Crippen LogP contribution >= 0.6 is 0 Å². The average Bonchev–Trinajstić information content (AvgIpc) is 2.62. The van der Waals surface area contributed by atoms with Crippen LogP contribution in [0.2, 0.25) is 0 Å². The minimum Gasteiger partial charge on any atom is -0.507 e. The smallest absolute Gasteiger partial charge is 0.255 e. The molecular weight excluding hydrogens is 330 g/mol. The molecule has 0 saturated heterocycles. The summed E-state index contributed by atoms with van der Waals surface area (Å²) in [7, 11) is 1.48. The number of phenols is 1. The van der Waals surface area contributed by atoms with Crippen molar-refractivity contribution in [3.8, 4) is 17.2 Å². The highest BCUT2D eigenvalue weighted by Gasteiger charge is 2.16. The van der Waals surface area contributed by atoms with Crippen molar-refractivity contribution in [2.45, 2.75) is 13.8 Å². The Labute approximate surface area is 151 Å². The minimum absolute atomic E-state index is 0.150. The number of rotatable bonds is 4. The average molecular weight is 349 g/mol. The molecule has 5 heteroatoms. The maximum absolute atomic E-state index is 12.8. The van der Waals surface area contributed by atoms with Crippen molar-refractivity contribution in [3.05, 3.63) is 87.3 Å². The summed E-state index contributed by atoms with van der Waals surface area (Å²) < 4.78 is 6.51. The van der Waals surface area contributed by atoms with E-state index in [9.17, 15) is 14.7 Å². The van der Waals surface area contributed by atoms with Gasteiger partial charge in [-0.15, -0.1) is 0 Å². The standard InChI is InChI=1S/C21H19NO4/c1-13-5-4-6-14(2)20(13)22-12-15(7-10-19(22)24)21(25)17-9-8-16(26-3)11-18(17)23/h4-12,23H,1-3H3. The Morgan fingerprint density at radius 1 is 1.04 bits per heavy atom. The maximum atomic E-state index is 12.8. The van der Waals surface area contributed by atoms with Crippen LogP contribution in [-0.4, -0.2) is 22.6 Å². The summed E-state index contributed by atoms with van der Waals surface area (Å²) >= 11 is 0. The van der Waals surface area contributed by atoms with Crippen molar-refractivity contribution < 1.29 is 14.6 Å². The lowest BCUT2D eigenvalue weighted by atomic mass is 10.0. The van der Waals surface area contributed by atoms with Gasteiger partial charge in [0, 0.05) is 23.9 Å². The van der Waals surface area contributed by atoms with E-state index in [1.54, 1.807) is 6.07 Å². The van der Waals surface area contributed by atoms with Gasteiger partial charge in [-0.25, -0.2) is 0 Å². The molecule has 0 radical (unpaired) electrons. The van der Waals surface area contributed by atoms with Crippen LogP contribution in [0.5, 0.6) is 11.5 Å². The summed E-state index contributed by atoms with van der Waals surface area (Å²) in [6, 6.07) is 13.1. The molecular formula is C21H19NO4. The van der Waals surface area contributed by atoms with Gasteiger partial charge in [0.25, 0.3) is 5.56 Å². The highest BCUT2D eigenvalue weighted by atomic mass is 16.5. The van der Waals surface area contributed by atoms with Gasteiger partial charge in [-0.05, 0) is 43.2 Å². The fourth-order valence-corrected chi connectivity index (χ4v) is 2.97. The molecule has 1 N–H and O–H groups in total. The van der Waals surface area contributed by atoms with Crippen molar-refractivity contribution in [3.63, 3.8) is 0 Å². The predicted octanol–water partition coefficient (Wildman–Crippen LogP) is 3.40. The lowest BCUT2D eigenvalue weighted by molar-refractivity contribution is 0.103. The van der Waals surface area contributed by atoms with E-state index in [0.29, 0.717) is 11.3 Å². The van der Waals surface area contributed by atoms with Gasteiger partial charge in [0.15, 0.2) is 5.78 Å². The summed E-state index contributed by atoms with van der Waals surface area (Å²) in [4.78, 5) is 25.2. The first-order valence-corrected chi connectivity index (χ1v) is 8.13. The fraction of sp³-hybridized carbons (Fsp3) is 0.143. The van der Waals surface area contributed by atoms with E-state index < -0.39 is 0 Å². The Morgan fingerprint density at radius 3 is 2.35 bits per heavy atom. The molecule has 0 aliphatic rings. The zero-order valence-corrected chi connectivity index (χ0v) is 14.8. The third-order valence-corrected chi connectivity index (χ3v) is 4.30. The molecule has 0 atom stereocenters. The van der Waals surface area contributed by atoms with E-state index in [1.807, 2.05) is 32.0 Å². The van der Waals surface area contributed by atoms with Gasteiger partial charge < -0.3 is 9.84 Å². The lowest BCUT2D eigenvalue weighted by Gasteiger charge is -2.14. The number of pyridine rings is 1. The summed E-state index contributed by atoms with van der Waals surface area (Å²) in [6.07, 6.45) is 1.52. The Bertz CT molecular complexity index is 1030. The Hall–Kier alpha value is -3.34. The van der Waals surface area contributed by atoms with Crippen LogP contribution in [0.15, 0.2) is 59.5 Å². The topological polar surface area (TPSA) is 68.5 Å². The number of aromatic nitrogens is 1. The fourth-order valence-electron chi connectivity index (χ4n) is 2.97. The Morgan fingerprint density at radius 2 is 1.73 bits per heavy atom. The predicted molar refractivity (Wildman–Crippen MR) is 99.6 cm³/mol. The van der Waals surface area contributed by atoms with Gasteiger partial charge in [-0.1, -0.05) is 18.2 Å². The molecule has 0 aliphatic heterocycles. The van der Waals surface area contributed by atoms with Crippen LogP contribution in [0.1, 0.15) is 27.0 Å². The van der Waals surface area contributed by atoms with Crippen molar-refractivity contribution in [1.29, 1.82) is 0 Å². The molecule has 0 bridgehead atoms. The summed E-state index contributed by atoms with van der Waals surface area (Å²) in [6.45, 7) is 3.83. The highest BCUT2D eigenvalue weighted by Crippen LogP contribution is 2.26.